The number of fused-ring (bicyclic) bond motifs is 5. The predicted octanol–water partition coefficient (Wildman–Crippen LogP) is 4.22. The van der Waals surface area contributed by atoms with E-state index in [-0.39, 0.29) is 0 Å². The molecule has 0 saturated heterocycles. The first-order chi connectivity index (χ1) is 12.3. The smallest absolute Gasteiger partial charge is 0.140 e. The zero-order valence-electron chi connectivity index (χ0n) is 12.9. The first-order valence-corrected chi connectivity index (χ1v) is 8.06. The average Bonchev–Trinajstić information content (AvgIpc) is 3.01. The first-order valence-electron chi connectivity index (χ1n) is 7.68. The van der Waals surface area contributed by atoms with Crippen LogP contribution in [0.1, 0.15) is 0 Å². The van der Waals surface area contributed by atoms with Gasteiger partial charge in [-0.2, -0.15) is 5.10 Å². The van der Waals surface area contributed by atoms with Crippen LogP contribution in [0, 0.1) is 0 Å². The van der Waals surface area contributed by atoms with Gasteiger partial charge in [0.1, 0.15) is 23.2 Å². The minimum absolute atomic E-state index is 0.663. The van der Waals surface area contributed by atoms with E-state index in [1.165, 1.54) is 0 Å². The summed E-state index contributed by atoms with van der Waals surface area (Å²) < 4.78 is 1.74. The van der Waals surface area contributed by atoms with E-state index in [2.05, 4.69) is 20.4 Å². The third-order valence-corrected chi connectivity index (χ3v) is 4.29. The number of hydrogen-bond donors (Lipinski definition) is 1. The molecule has 4 aromatic heterocycles. The van der Waals surface area contributed by atoms with Crippen molar-refractivity contribution < 1.29 is 0 Å². The van der Waals surface area contributed by atoms with E-state index in [0.29, 0.717) is 10.8 Å². The molecule has 5 rings (SSSR count). The SMILES string of the molecule is Clc1cccc(Nc2nc3c(nn4cnccc34)c3ccncc23)c1. The second-order valence-corrected chi connectivity index (χ2v) is 6.06. The molecule has 1 N–H and O–H groups in total. The van der Waals surface area contributed by atoms with Crippen molar-refractivity contribution in [2.75, 3.05) is 5.32 Å². The second kappa shape index (κ2) is 5.39. The van der Waals surface area contributed by atoms with Crippen molar-refractivity contribution in [3.63, 3.8) is 0 Å². The number of pyridine rings is 2. The maximum absolute atomic E-state index is 6.09. The Morgan fingerprint density at radius 3 is 2.80 bits per heavy atom. The molecule has 0 amide bonds. The summed E-state index contributed by atoms with van der Waals surface area (Å²) in [5.74, 6) is 0.713. The van der Waals surface area contributed by atoms with Crippen LogP contribution in [0.4, 0.5) is 11.5 Å². The van der Waals surface area contributed by atoms with Crippen LogP contribution in [0.2, 0.25) is 5.02 Å². The Labute approximate surface area is 147 Å². The fraction of sp³-hybridized carbons (Fsp3) is 0. The maximum Gasteiger partial charge on any atom is 0.140 e. The monoisotopic (exact) mass is 346 g/mol. The Morgan fingerprint density at radius 1 is 0.960 bits per heavy atom. The Morgan fingerprint density at radius 2 is 1.88 bits per heavy atom. The molecule has 120 valence electrons. The van der Waals surface area contributed by atoms with Crippen molar-refractivity contribution in [1.82, 2.24) is 24.6 Å². The predicted molar refractivity (Wildman–Crippen MR) is 98.3 cm³/mol. The van der Waals surface area contributed by atoms with Gasteiger partial charge in [0.05, 0.1) is 5.52 Å². The van der Waals surface area contributed by atoms with Gasteiger partial charge >= 0.3 is 0 Å². The van der Waals surface area contributed by atoms with E-state index >= 15 is 0 Å². The van der Waals surface area contributed by atoms with E-state index in [4.69, 9.17) is 16.6 Å². The summed E-state index contributed by atoms with van der Waals surface area (Å²) >= 11 is 6.09. The molecule has 0 aliphatic heterocycles. The quantitative estimate of drug-likeness (QED) is 0.518. The molecule has 0 aliphatic carbocycles. The van der Waals surface area contributed by atoms with Gasteiger partial charge in [-0.05, 0) is 30.3 Å². The molecular weight excluding hydrogens is 336 g/mol. The van der Waals surface area contributed by atoms with E-state index < -0.39 is 0 Å². The highest BCUT2D eigenvalue weighted by molar-refractivity contribution is 6.30. The van der Waals surface area contributed by atoms with E-state index in [0.717, 1.165) is 33.0 Å². The van der Waals surface area contributed by atoms with Crippen LogP contribution in [-0.2, 0) is 0 Å². The third-order valence-electron chi connectivity index (χ3n) is 4.06. The minimum Gasteiger partial charge on any atom is -0.340 e. The van der Waals surface area contributed by atoms with Crippen molar-refractivity contribution in [2.24, 2.45) is 0 Å². The molecule has 25 heavy (non-hydrogen) atoms. The molecule has 0 unspecified atom stereocenters. The van der Waals surface area contributed by atoms with Gasteiger partial charge in [0.15, 0.2) is 0 Å². The number of hydrogen-bond acceptors (Lipinski definition) is 5. The maximum atomic E-state index is 6.09. The normalized spacial score (nSPS) is 11.4. The Hall–Kier alpha value is -3.25. The fourth-order valence-corrected chi connectivity index (χ4v) is 3.14. The van der Waals surface area contributed by atoms with Gasteiger partial charge in [0.25, 0.3) is 0 Å². The minimum atomic E-state index is 0.663. The summed E-state index contributed by atoms with van der Waals surface area (Å²) in [4.78, 5) is 13.2. The molecule has 6 nitrogen and oxygen atoms in total. The van der Waals surface area contributed by atoms with Crippen LogP contribution in [-0.4, -0.2) is 24.6 Å². The van der Waals surface area contributed by atoms with Gasteiger partial charge in [-0.3, -0.25) is 4.98 Å². The molecule has 0 saturated carbocycles. The topological polar surface area (TPSA) is 68.0 Å². The van der Waals surface area contributed by atoms with Crippen LogP contribution in [0.15, 0.2) is 61.3 Å². The van der Waals surface area contributed by atoms with Gasteiger partial charge in [0.2, 0.25) is 0 Å². The van der Waals surface area contributed by atoms with Crippen molar-refractivity contribution in [2.45, 2.75) is 0 Å². The summed E-state index contributed by atoms with van der Waals surface area (Å²) in [5, 5.41) is 10.5. The van der Waals surface area contributed by atoms with Crippen LogP contribution in [0.5, 0.6) is 0 Å². The molecule has 0 spiro atoms. The number of nitrogens with zero attached hydrogens (tertiary/aromatic N) is 5. The first kappa shape index (κ1) is 14.1. The number of aromatic nitrogens is 5. The highest BCUT2D eigenvalue weighted by atomic mass is 35.5. The number of anilines is 2. The third kappa shape index (κ3) is 2.27. The summed E-state index contributed by atoms with van der Waals surface area (Å²) in [7, 11) is 0. The molecular formula is C18H11ClN6. The van der Waals surface area contributed by atoms with Crippen LogP contribution in [0.3, 0.4) is 0 Å². The lowest BCUT2D eigenvalue weighted by atomic mass is 10.1. The van der Waals surface area contributed by atoms with Gasteiger partial charge in [-0.1, -0.05) is 17.7 Å². The summed E-state index contributed by atoms with van der Waals surface area (Å²) in [6.45, 7) is 0. The molecule has 7 heteroatoms. The fourth-order valence-electron chi connectivity index (χ4n) is 2.95. The standard InChI is InChI=1S/C18H11ClN6/c19-11-2-1-3-12(8-11)22-18-14-9-20-6-4-13(14)16-17(23-18)15-5-7-21-10-25(15)24-16/h1-10H,(H,22,23). The molecule has 0 radical (unpaired) electrons. The van der Waals surface area contributed by atoms with Crippen LogP contribution < -0.4 is 5.32 Å². The van der Waals surface area contributed by atoms with Crippen molar-refractivity contribution in [1.29, 1.82) is 0 Å². The zero-order chi connectivity index (χ0) is 16.8. The Balaban J connectivity index is 1.83. The van der Waals surface area contributed by atoms with Gasteiger partial charge in [-0.15, -0.1) is 0 Å². The highest BCUT2D eigenvalue weighted by Gasteiger charge is 2.14. The van der Waals surface area contributed by atoms with Gasteiger partial charge in [0, 0.05) is 40.1 Å². The van der Waals surface area contributed by atoms with E-state index in [1.807, 2.05) is 36.4 Å². The van der Waals surface area contributed by atoms with Gasteiger partial charge < -0.3 is 5.32 Å². The molecule has 5 aromatic rings. The highest BCUT2D eigenvalue weighted by Crippen LogP contribution is 2.31. The van der Waals surface area contributed by atoms with Crippen molar-refractivity contribution in [3.8, 4) is 0 Å². The number of halogens is 1. The number of rotatable bonds is 2. The number of benzene rings is 1. The largest absolute Gasteiger partial charge is 0.340 e. The molecule has 0 aliphatic rings. The van der Waals surface area contributed by atoms with Crippen LogP contribution >= 0.6 is 11.6 Å². The zero-order valence-corrected chi connectivity index (χ0v) is 13.6. The molecule has 0 bridgehead atoms. The second-order valence-electron chi connectivity index (χ2n) is 5.62. The molecule has 1 aromatic carbocycles. The van der Waals surface area contributed by atoms with Crippen molar-refractivity contribution in [3.05, 3.63) is 66.3 Å². The van der Waals surface area contributed by atoms with Gasteiger partial charge in [-0.25, -0.2) is 14.5 Å². The Kier molecular flexibility index (Phi) is 3.05. The lowest BCUT2D eigenvalue weighted by Crippen LogP contribution is -1.96. The van der Waals surface area contributed by atoms with E-state index in [1.54, 1.807) is 29.4 Å². The summed E-state index contributed by atoms with van der Waals surface area (Å²) in [5.41, 5.74) is 3.40. The van der Waals surface area contributed by atoms with Crippen molar-refractivity contribution >= 4 is 50.4 Å². The van der Waals surface area contributed by atoms with Crippen LogP contribution in [0.25, 0.3) is 27.3 Å². The molecule has 4 heterocycles. The lowest BCUT2D eigenvalue weighted by Gasteiger charge is -2.09. The summed E-state index contributed by atoms with van der Waals surface area (Å²) in [6, 6.07) is 11.4. The van der Waals surface area contributed by atoms with E-state index in [9.17, 15) is 0 Å². The summed E-state index contributed by atoms with van der Waals surface area (Å²) in [6.07, 6.45) is 6.96. The number of nitrogens with one attached hydrogen (secondary N) is 1. The molecule has 0 fully saturated rings. The Bertz CT molecular complexity index is 1250. The molecule has 0 atom stereocenters. The lowest BCUT2D eigenvalue weighted by molar-refractivity contribution is 0.939. The average molecular weight is 347 g/mol.